The van der Waals surface area contributed by atoms with Crippen LogP contribution in [0, 0.1) is 5.41 Å². The maximum absolute atomic E-state index is 12.6. The summed E-state index contributed by atoms with van der Waals surface area (Å²) < 4.78 is 0. The van der Waals surface area contributed by atoms with Gasteiger partial charge in [-0.2, -0.15) is 0 Å². The summed E-state index contributed by atoms with van der Waals surface area (Å²) >= 11 is 0. The zero-order valence-corrected chi connectivity index (χ0v) is 12.0. The van der Waals surface area contributed by atoms with Crippen molar-refractivity contribution in [2.24, 2.45) is 11.1 Å². The Bertz CT molecular complexity index is 345. The number of carbonyl (C=O) groups is 2. The van der Waals surface area contributed by atoms with Crippen LogP contribution < -0.4 is 11.1 Å². The number of hydrogen-bond donors (Lipinski definition) is 2. The van der Waals surface area contributed by atoms with Crippen LogP contribution in [0.15, 0.2) is 0 Å². The molecule has 0 aromatic heterocycles. The standard InChI is InChI=1S/C13H25N3O2/c1-12(2,13(3,4)14)11(18)16-8-6-7-9(16)10(17)15-5/h9H,6-8,14H2,1-5H3,(H,15,17). The Morgan fingerprint density at radius 3 is 2.28 bits per heavy atom. The Kier molecular flexibility index (Phi) is 4.05. The van der Waals surface area contributed by atoms with Gasteiger partial charge in [0.05, 0.1) is 5.41 Å². The van der Waals surface area contributed by atoms with Crippen molar-refractivity contribution in [1.82, 2.24) is 10.2 Å². The highest BCUT2D eigenvalue weighted by Gasteiger charge is 2.46. The number of likely N-dealkylation sites (tertiary alicyclic amines) is 1. The summed E-state index contributed by atoms with van der Waals surface area (Å²) in [5, 5.41) is 2.62. The SMILES string of the molecule is CNC(=O)C1CCCN1C(=O)C(C)(C)C(C)(C)N. The number of carbonyl (C=O) groups excluding carboxylic acids is 2. The molecule has 0 bridgehead atoms. The minimum absolute atomic E-state index is 0.0406. The van der Waals surface area contributed by atoms with E-state index in [1.54, 1.807) is 11.9 Å². The first-order valence-corrected chi connectivity index (χ1v) is 6.44. The Morgan fingerprint density at radius 2 is 1.83 bits per heavy atom. The fourth-order valence-electron chi connectivity index (χ4n) is 2.08. The van der Waals surface area contributed by atoms with E-state index in [2.05, 4.69) is 5.32 Å². The molecule has 1 rings (SSSR count). The molecule has 0 aliphatic carbocycles. The third kappa shape index (κ3) is 2.51. The van der Waals surface area contributed by atoms with Crippen molar-refractivity contribution in [2.45, 2.75) is 52.1 Å². The van der Waals surface area contributed by atoms with Crippen LogP contribution in [0.25, 0.3) is 0 Å². The van der Waals surface area contributed by atoms with E-state index in [1.165, 1.54) is 0 Å². The fraction of sp³-hybridized carbons (Fsp3) is 0.846. The van der Waals surface area contributed by atoms with Crippen molar-refractivity contribution < 1.29 is 9.59 Å². The van der Waals surface area contributed by atoms with Gasteiger partial charge in [-0.1, -0.05) is 0 Å². The van der Waals surface area contributed by atoms with Gasteiger partial charge in [0.1, 0.15) is 6.04 Å². The van der Waals surface area contributed by atoms with Crippen LogP contribution in [-0.4, -0.2) is 41.9 Å². The maximum Gasteiger partial charge on any atom is 0.242 e. The second-order valence-corrected chi connectivity index (χ2v) is 6.12. The van der Waals surface area contributed by atoms with Crippen molar-refractivity contribution in [2.75, 3.05) is 13.6 Å². The zero-order chi connectivity index (χ0) is 14.1. The summed E-state index contributed by atoms with van der Waals surface area (Å²) in [5.74, 6) is -0.132. The first kappa shape index (κ1) is 15.0. The van der Waals surface area contributed by atoms with E-state index >= 15 is 0 Å². The van der Waals surface area contributed by atoms with Gasteiger partial charge in [-0.15, -0.1) is 0 Å². The van der Waals surface area contributed by atoms with E-state index in [1.807, 2.05) is 27.7 Å². The second kappa shape index (κ2) is 4.88. The molecule has 2 amide bonds. The van der Waals surface area contributed by atoms with E-state index in [-0.39, 0.29) is 17.9 Å². The molecule has 1 aliphatic rings. The van der Waals surface area contributed by atoms with Gasteiger partial charge in [0, 0.05) is 19.1 Å². The molecule has 0 saturated carbocycles. The van der Waals surface area contributed by atoms with Crippen LogP contribution in [0.1, 0.15) is 40.5 Å². The van der Waals surface area contributed by atoms with Crippen molar-refractivity contribution in [3.63, 3.8) is 0 Å². The predicted molar refractivity (Wildman–Crippen MR) is 70.8 cm³/mol. The van der Waals surface area contributed by atoms with Crippen LogP contribution in [0.3, 0.4) is 0 Å². The maximum atomic E-state index is 12.6. The lowest BCUT2D eigenvalue weighted by Gasteiger charge is -2.40. The Hall–Kier alpha value is -1.10. The van der Waals surface area contributed by atoms with Crippen LogP contribution in [0.4, 0.5) is 0 Å². The molecule has 0 aromatic carbocycles. The molecule has 3 N–H and O–H groups in total. The molecule has 18 heavy (non-hydrogen) atoms. The highest BCUT2D eigenvalue weighted by atomic mass is 16.2. The Labute approximate surface area is 109 Å². The van der Waals surface area contributed by atoms with Crippen LogP contribution >= 0.6 is 0 Å². The second-order valence-electron chi connectivity index (χ2n) is 6.12. The number of rotatable bonds is 3. The van der Waals surface area contributed by atoms with Gasteiger partial charge < -0.3 is 16.0 Å². The van der Waals surface area contributed by atoms with Gasteiger partial charge in [0.25, 0.3) is 0 Å². The van der Waals surface area contributed by atoms with E-state index in [0.29, 0.717) is 6.54 Å². The molecular weight excluding hydrogens is 230 g/mol. The monoisotopic (exact) mass is 255 g/mol. The Morgan fingerprint density at radius 1 is 1.28 bits per heavy atom. The molecule has 1 fully saturated rings. The first-order valence-electron chi connectivity index (χ1n) is 6.44. The molecule has 104 valence electrons. The summed E-state index contributed by atoms with van der Waals surface area (Å²) in [4.78, 5) is 26.1. The Balaban J connectivity index is 2.93. The van der Waals surface area contributed by atoms with Gasteiger partial charge in [-0.3, -0.25) is 9.59 Å². The lowest BCUT2D eigenvalue weighted by atomic mass is 9.74. The van der Waals surface area contributed by atoms with Gasteiger partial charge >= 0.3 is 0 Å². The van der Waals surface area contributed by atoms with Crippen LogP contribution in [0.5, 0.6) is 0 Å². The average Bonchev–Trinajstić information content (AvgIpc) is 2.73. The van der Waals surface area contributed by atoms with Crippen LogP contribution in [0.2, 0.25) is 0 Å². The van der Waals surface area contributed by atoms with Gasteiger partial charge in [-0.25, -0.2) is 0 Å². The van der Waals surface area contributed by atoms with Gasteiger partial charge in [0.2, 0.25) is 11.8 Å². The van der Waals surface area contributed by atoms with Crippen LogP contribution in [-0.2, 0) is 9.59 Å². The molecule has 0 spiro atoms. The fourth-order valence-corrected chi connectivity index (χ4v) is 2.08. The number of likely N-dealkylation sites (N-methyl/N-ethyl adjacent to an activating group) is 1. The molecule has 1 saturated heterocycles. The molecule has 0 aromatic rings. The molecular formula is C13H25N3O2. The van der Waals surface area contributed by atoms with E-state index < -0.39 is 11.0 Å². The van der Waals surface area contributed by atoms with E-state index in [4.69, 9.17) is 5.73 Å². The minimum atomic E-state index is -0.691. The molecule has 1 heterocycles. The summed E-state index contributed by atoms with van der Waals surface area (Å²) in [5.41, 5.74) is 4.77. The molecule has 1 unspecified atom stereocenters. The quantitative estimate of drug-likeness (QED) is 0.770. The smallest absolute Gasteiger partial charge is 0.242 e. The van der Waals surface area contributed by atoms with Crippen molar-refractivity contribution in [1.29, 1.82) is 0 Å². The lowest BCUT2D eigenvalue weighted by molar-refractivity contribution is -0.148. The third-order valence-electron chi connectivity index (χ3n) is 4.21. The summed E-state index contributed by atoms with van der Waals surface area (Å²) in [7, 11) is 1.60. The zero-order valence-electron chi connectivity index (χ0n) is 12.0. The number of nitrogens with one attached hydrogen (secondary N) is 1. The highest BCUT2D eigenvalue weighted by molar-refractivity contribution is 5.90. The van der Waals surface area contributed by atoms with Crippen molar-refractivity contribution in [3.8, 4) is 0 Å². The topological polar surface area (TPSA) is 75.4 Å². The molecule has 1 atom stereocenters. The highest BCUT2D eigenvalue weighted by Crippen LogP contribution is 2.33. The summed E-state index contributed by atoms with van der Waals surface area (Å²) in [6.45, 7) is 8.01. The van der Waals surface area contributed by atoms with Crippen molar-refractivity contribution >= 4 is 11.8 Å². The number of nitrogens with two attached hydrogens (primary N) is 1. The molecule has 1 aliphatic heterocycles. The van der Waals surface area contributed by atoms with Crippen molar-refractivity contribution in [3.05, 3.63) is 0 Å². The predicted octanol–water partition coefficient (Wildman–Crippen LogP) is 0.487. The van der Waals surface area contributed by atoms with E-state index in [0.717, 1.165) is 12.8 Å². The number of nitrogens with zero attached hydrogens (tertiary/aromatic N) is 1. The lowest BCUT2D eigenvalue weighted by Crippen LogP contribution is -2.58. The average molecular weight is 255 g/mol. The molecule has 5 heteroatoms. The summed E-state index contributed by atoms with van der Waals surface area (Å²) in [6, 6.07) is -0.343. The van der Waals surface area contributed by atoms with Gasteiger partial charge in [-0.05, 0) is 40.5 Å². The number of amides is 2. The normalized spacial score (nSPS) is 21.0. The van der Waals surface area contributed by atoms with E-state index in [9.17, 15) is 9.59 Å². The minimum Gasteiger partial charge on any atom is -0.357 e. The largest absolute Gasteiger partial charge is 0.357 e. The third-order valence-corrected chi connectivity index (χ3v) is 4.21. The molecule has 5 nitrogen and oxygen atoms in total. The molecule has 0 radical (unpaired) electrons. The number of hydrogen-bond acceptors (Lipinski definition) is 3. The van der Waals surface area contributed by atoms with Gasteiger partial charge in [0.15, 0.2) is 0 Å². The first-order chi connectivity index (χ1) is 8.13. The summed E-state index contributed by atoms with van der Waals surface area (Å²) in [6.07, 6.45) is 1.59.